The predicted octanol–water partition coefficient (Wildman–Crippen LogP) is 3.14. The van der Waals surface area contributed by atoms with Gasteiger partial charge in [0.25, 0.3) is 0 Å². The van der Waals surface area contributed by atoms with Gasteiger partial charge in [-0.05, 0) is 42.8 Å². The average molecular weight is 345 g/mol. The van der Waals surface area contributed by atoms with Crippen LogP contribution in [0.15, 0.2) is 46.9 Å². The maximum Gasteiger partial charge on any atom is 0.246 e. The zero-order valence-corrected chi connectivity index (χ0v) is 13.0. The van der Waals surface area contributed by atoms with Crippen LogP contribution in [0.5, 0.6) is 0 Å². The number of amides is 1. The summed E-state index contributed by atoms with van der Waals surface area (Å²) in [6.45, 7) is 2.11. The van der Waals surface area contributed by atoms with Gasteiger partial charge in [0.15, 0.2) is 0 Å². The van der Waals surface area contributed by atoms with Gasteiger partial charge in [0.05, 0.1) is 5.52 Å². The molecule has 0 spiro atoms. The zero-order valence-electron chi connectivity index (χ0n) is 11.4. The highest BCUT2D eigenvalue weighted by atomic mass is 79.9. The zero-order chi connectivity index (χ0) is 14.8. The van der Waals surface area contributed by atoms with Gasteiger partial charge in [-0.2, -0.15) is 0 Å². The normalized spacial score (nSPS) is 10.8. The molecule has 21 heavy (non-hydrogen) atoms. The monoisotopic (exact) mass is 344 g/mol. The molecule has 0 bridgehead atoms. The molecule has 3 rings (SSSR count). The fraction of sp³-hybridized carbons (Fsp3) is 0.133. The van der Waals surface area contributed by atoms with E-state index in [1.165, 1.54) is 0 Å². The van der Waals surface area contributed by atoms with Crippen molar-refractivity contribution in [3.63, 3.8) is 0 Å². The van der Waals surface area contributed by atoms with Gasteiger partial charge in [0.1, 0.15) is 12.1 Å². The molecule has 0 saturated carbocycles. The Hall–Kier alpha value is -2.21. The second kappa shape index (κ2) is 5.65. The minimum absolute atomic E-state index is 0.132. The van der Waals surface area contributed by atoms with Crippen LogP contribution in [0.25, 0.3) is 11.0 Å². The number of nitrogens with one attached hydrogen (secondary N) is 1. The number of nitrogens with zero attached hydrogens (tertiary/aromatic N) is 3. The van der Waals surface area contributed by atoms with Gasteiger partial charge >= 0.3 is 0 Å². The topological polar surface area (TPSA) is 59.8 Å². The number of carbonyl (C=O) groups excluding carboxylic acids is 1. The van der Waals surface area contributed by atoms with Crippen LogP contribution in [-0.4, -0.2) is 20.9 Å². The number of hydrogen-bond donors (Lipinski definition) is 1. The van der Waals surface area contributed by atoms with Gasteiger partial charge in [0, 0.05) is 10.2 Å². The van der Waals surface area contributed by atoms with Gasteiger partial charge in [-0.15, -0.1) is 5.10 Å². The molecular weight excluding hydrogens is 332 g/mol. The molecular formula is C15H13BrN4O. The summed E-state index contributed by atoms with van der Waals surface area (Å²) >= 11 is 3.44. The van der Waals surface area contributed by atoms with Gasteiger partial charge in [-0.3, -0.25) is 4.79 Å². The molecule has 0 aliphatic heterocycles. The van der Waals surface area contributed by atoms with Crippen LogP contribution in [-0.2, 0) is 11.3 Å². The molecule has 0 radical (unpaired) electrons. The fourth-order valence-electron chi connectivity index (χ4n) is 2.09. The largest absolute Gasteiger partial charge is 0.324 e. The first kappa shape index (κ1) is 13.8. The van der Waals surface area contributed by atoms with Crippen LogP contribution < -0.4 is 5.32 Å². The lowest BCUT2D eigenvalue weighted by atomic mass is 10.2. The standard InChI is InChI=1S/C15H13BrN4O/c1-10-8-11(6-7-12(10)16)17-15(21)9-20-14-5-3-2-4-13(14)18-19-20/h2-8H,9H2,1H3,(H,17,21). The molecule has 106 valence electrons. The van der Waals surface area contributed by atoms with Crippen LogP contribution in [0.4, 0.5) is 5.69 Å². The summed E-state index contributed by atoms with van der Waals surface area (Å²) in [7, 11) is 0. The number of aryl methyl sites for hydroxylation is 1. The predicted molar refractivity (Wildman–Crippen MR) is 85.0 cm³/mol. The molecule has 2 aromatic carbocycles. The third-order valence-electron chi connectivity index (χ3n) is 3.16. The first-order chi connectivity index (χ1) is 10.1. The van der Waals surface area contributed by atoms with Crippen molar-refractivity contribution in [3.05, 3.63) is 52.5 Å². The highest BCUT2D eigenvalue weighted by molar-refractivity contribution is 9.10. The molecule has 0 saturated heterocycles. The van der Waals surface area contributed by atoms with E-state index in [9.17, 15) is 4.79 Å². The quantitative estimate of drug-likeness (QED) is 0.793. The Kier molecular flexibility index (Phi) is 3.70. The molecule has 0 atom stereocenters. The first-order valence-electron chi connectivity index (χ1n) is 6.48. The second-order valence-electron chi connectivity index (χ2n) is 4.75. The molecule has 3 aromatic rings. The Morgan fingerprint density at radius 1 is 1.29 bits per heavy atom. The fourth-order valence-corrected chi connectivity index (χ4v) is 2.34. The molecule has 1 aromatic heterocycles. The molecule has 0 aliphatic carbocycles. The Morgan fingerprint density at radius 2 is 2.10 bits per heavy atom. The van der Waals surface area contributed by atoms with E-state index < -0.39 is 0 Å². The van der Waals surface area contributed by atoms with E-state index in [1.54, 1.807) is 4.68 Å². The van der Waals surface area contributed by atoms with Gasteiger partial charge in [0.2, 0.25) is 5.91 Å². The van der Waals surface area contributed by atoms with E-state index in [1.807, 2.05) is 49.4 Å². The summed E-state index contributed by atoms with van der Waals surface area (Å²) in [6, 6.07) is 13.2. The van der Waals surface area contributed by atoms with Crippen LogP contribution in [0.1, 0.15) is 5.56 Å². The highest BCUT2D eigenvalue weighted by Crippen LogP contribution is 2.20. The number of hydrogen-bond acceptors (Lipinski definition) is 3. The third kappa shape index (κ3) is 2.95. The molecule has 1 heterocycles. The third-order valence-corrected chi connectivity index (χ3v) is 4.05. The lowest BCUT2D eigenvalue weighted by molar-refractivity contribution is -0.116. The number of anilines is 1. The lowest BCUT2D eigenvalue weighted by Gasteiger charge is -2.07. The van der Waals surface area contributed by atoms with Crippen molar-refractivity contribution in [3.8, 4) is 0 Å². The minimum Gasteiger partial charge on any atom is -0.324 e. The van der Waals surface area contributed by atoms with Gasteiger partial charge in [-0.25, -0.2) is 4.68 Å². The van der Waals surface area contributed by atoms with Crippen LogP contribution in [0, 0.1) is 6.92 Å². The van der Waals surface area contributed by atoms with Crippen molar-refractivity contribution >= 4 is 38.6 Å². The molecule has 6 heteroatoms. The van der Waals surface area contributed by atoms with E-state index in [-0.39, 0.29) is 12.5 Å². The Morgan fingerprint density at radius 3 is 2.90 bits per heavy atom. The summed E-state index contributed by atoms with van der Waals surface area (Å²) in [6.07, 6.45) is 0. The van der Waals surface area contributed by atoms with Crippen LogP contribution in [0.3, 0.4) is 0 Å². The smallest absolute Gasteiger partial charge is 0.246 e. The molecule has 0 unspecified atom stereocenters. The Bertz CT molecular complexity index is 812. The van der Waals surface area contributed by atoms with E-state index in [0.717, 1.165) is 26.8 Å². The number of benzene rings is 2. The average Bonchev–Trinajstić information content (AvgIpc) is 2.86. The van der Waals surface area contributed by atoms with Gasteiger partial charge in [-0.1, -0.05) is 33.3 Å². The van der Waals surface area contributed by atoms with Crippen LogP contribution >= 0.6 is 15.9 Å². The van der Waals surface area contributed by atoms with E-state index in [0.29, 0.717) is 0 Å². The van der Waals surface area contributed by atoms with Crippen molar-refractivity contribution < 1.29 is 4.79 Å². The van der Waals surface area contributed by atoms with Crippen molar-refractivity contribution in [2.45, 2.75) is 13.5 Å². The number of halogens is 1. The molecule has 5 nitrogen and oxygen atoms in total. The second-order valence-corrected chi connectivity index (χ2v) is 5.60. The summed E-state index contributed by atoms with van der Waals surface area (Å²) < 4.78 is 2.61. The Balaban J connectivity index is 1.75. The summed E-state index contributed by atoms with van der Waals surface area (Å²) in [5, 5.41) is 10.9. The van der Waals surface area contributed by atoms with Crippen molar-refractivity contribution in [2.75, 3.05) is 5.32 Å². The van der Waals surface area contributed by atoms with Crippen molar-refractivity contribution in [2.24, 2.45) is 0 Å². The van der Waals surface area contributed by atoms with E-state index in [2.05, 4.69) is 31.6 Å². The van der Waals surface area contributed by atoms with Crippen molar-refractivity contribution in [1.29, 1.82) is 0 Å². The van der Waals surface area contributed by atoms with E-state index >= 15 is 0 Å². The van der Waals surface area contributed by atoms with E-state index in [4.69, 9.17) is 0 Å². The van der Waals surface area contributed by atoms with Gasteiger partial charge < -0.3 is 5.32 Å². The summed E-state index contributed by atoms with van der Waals surface area (Å²) in [5.74, 6) is -0.132. The molecule has 0 fully saturated rings. The summed E-state index contributed by atoms with van der Waals surface area (Å²) in [4.78, 5) is 12.1. The lowest BCUT2D eigenvalue weighted by Crippen LogP contribution is -2.19. The Labute approximate surface area is 130 Å². The molecule has 1 N–H and O–H groups in total. The SMILES string of the molecule is Cc1cc(NC(=O)Cn2nnc3ccccc32)ccc1Br. The van der Waals surface area contributed by atoms with Crippen molar-refractivity contribution in [1.82, 2.24) is 15.0 Å². The number of para-hydroxylation sites is 1. The number of aromatic nitrogens is 3. The highest BCUT2D eigenvalue weighted by Gasteiger charge is 2.09. The minimum atomic E-state index is -0.132. The maximum absolute atomic E-state index is 12.1. The number of fused-ring (bicyclic) bond motifs is 1. The number of carbonyl (C=O) groups is 1. The first-order valence-corrected chi connectivity index (χ1v) is 7.27. The summed E-state index contributed by atoms with van der Waals surface area (Å²) in [5.41, 5.74) is 3.47. The van der Waals surface area contributed by atoms with Crippen LogP contribution in [0.2, 0.25) is 0 Å². The maximum atomic E-state index is 12.1. The molecule has 1 amide bonds. The number of rotatable bonds is 3. The molecule has 0 aliphatic rings.